The van der Waals surface area contributed by atoms with Crippen LogP contribution in [0.3, 0.4) is 0 Å². The van der Waals surface area contributed by atoms with Gasteiger partial charge in [0.2, 0.25) is 5.43 Å². The first-order valence-electron chi connectivity index (χ1n) is 7.25. The number of rotatable bonds is 6. The third-order valence-corrected chi connectivity index (χ3v) is 3.61. The van der Waals surface area contributed by atoms with Crippen LogP contribution < -0.4 is 5.43 Å². The zero-order valence-electron chi connectivity index (χ0n) is 13.2. The van der Waals surface area contributed by atoms with Crippen LogP contribution in [0, 0.1) is 6.92 Å². The predicted octanol–water partition coefficient (Wildman–Crippen LogP) is 1.58. The summed E-state index contributed by atoms with van der Waals surface area (Å²) >= 11 is 0. The maximum atomic E-state index is 11.8. The molecule has 6 nitrogen and oxygen atoms in total. The van der Waals surface area contributed by atoms with Gasteiger partial charge in [0.15, 0.2) is 5.75 Å². The quantitative estimate of drug-likeness (QED) is 0.845. The molecule has 0 saturated heterocycles. The van der Waals surface area contributed by atoms with Crippen molar-refractivity contribution in [2.75, 3.05) is 7.05 Å². The second-order valence-electron chi connectivity index (χ2n) is 5.58. The number of carboxylic acids is 1. The summed E-state index contributed by atoms with van der Waals surface area (Å²) in [7, 11) is 1.85. The smallest absolute Gasteiger partial charge is 0.323 e. The van der Waals surface area contributed by atoms with Crippen molar-refractivity contribution in [3.63, 3.8) is 0 Å². The lowest BCUT2D eigenvalue weighted by molar-refractivity contribution is -0.137. The monoisotopic (exact) mass is 316 g/mol. The molecule has 2 rings (SSSR count). The van der Waals surface area contributed by atoms with Gasteiger partial charge in [-0.2, -0.15) is 0 Å². The highest BCUT2D eigenvalue weighted by atomic mass is 16.4. The van der Waals surface area contributed by atoms with Gasteiger partial charge in [-0.3, -0.25) is 14.5 Å². The lowest BCUT2D eigenvalue weighted by atomic mass is 10.2. The lowest BCUT2D eigenvalue weighted by Crippen LogP contribution is -2.26. The number of carbonyl (C=O) groups is 1. The van der Waals surface area contributed by atoms with Crippen LogP contribution in [0.25, 0.3) is 0 Å². The summed E-state index contributed by atoms with van der Waals surface area (Å²) in [6.45, 7) is 2.25. The lowest BCUT2D eigenvalue weighted by Gasteiger charge is -2.22. The molecular weight excluding hydrogens is 296 g/mol. The number of aryl methyl sites for hydroxylation is 1. The SMILES string of the molecule is Cc1cc(=O)c(O)c(CN(C)Cc2ccccc2)n1CC(=O)O. The van der Waals surface area contributed by atoms with E-state index in [1.165, 1.54) is 10.6 Å². The molecule has 1 aromatic heterocycles. The van der Waals surface area contributed by atoms with Crippen molar-refractivity contribution < 1.29 is 15.0 Å². The molecule has 2 N–H and O–H groups in total. The van der Waals surface area contributed by atoms with E-state index in [9.17, 15) is 14.7 Å². The highest BCUT2D eigenvalue weighted by molar-refractivity contribution is 5.67. The summed E-state index contributed by atoms with van der Waals surface area (Å²) in [6, 6.07) is 11.0. The number of hydrogen-bond donors (Lipinski definition) is 2. The van der Waals surface area contributed by atoms with Crippen LogP contribution in [-0.4, -0.2) is 32.7 Å². The zero-order chi connectivity index (χ0) is 17.0. The molecule has 1 heterocycles. The molecule has 0 spiro atoms. The van der Waals surface area contributed by atoms with Gasteiger partial charge in [0, 0.05) is 24.8 Å². The van der Waals surface area contributed by atoms with Gasteiger partial charge in [-0.05, 0) is 19.5 Å². The van der Waals surface area contributed by atoms with Gasteiger partial charge >= 0.3 is 5.97 Å². The maximum Gasteiger partial charge on any atom is 0.323 e. The highest BCUT2D eigenvalue weighted by Gasteiger charge is 2.16. The minimum atomic E-state index is -1.02. The summed E-state index contributed by atoms with van der Waals surface area (Å²) in [5.41, 5.74) is 1.43. The Morgan fingerprint density at radius 2 is 1.87 bits per heavy atom. The molecule has 0 amide bonds. The van der Waals surface area contributed by atoms with Crippen LogP contribution in [-0.2, 0) is 24.4 Å². The fraction of sp³-hybridized carbons (Fsp3) is 0.294. The van der Waals surface area contributed by atoms with Gasteiger partial charge in [-0.15, -0.1) is 0 Å². The van der Waals surface area contributed by atoms with Crippen molar-refractivity contribution in [3.05, 3.63) is 63.6 Å². The van der Waals surface area contributed by atoms with E-state index in [-0.39, 0.29) is 13.1 Å². The average molecular weight is 316 g/mol. The van der Waals surface area contributed by atoms with Crippen LogP contribution in [0.5, 0.6) is 5.75 Å². The molecule has 0 aliphatic carbocycles. The predicted molar refractivity (Wildman–Crippen MR) is 86.4 cm³/mol. The van der Waals surface area contributed by atoms with Crippen molar-refractivity contribution in [2.24, 2.45) is 0 Å². The second kappa shape index (κ2) is 7.11. The minimum absolute atomic E-state index is 0.269. The number of aliphatic carboxylic acids is 1. The fourth-order valence-corrected chi connectivity index (χ4v) is 2.54. The Hall–Kier alpha value is -2.60. The van der Waals surface area contributed by atoms with E-state index in [2.05, 4.69) is 0 Å². The molecule has 0 radical (unpaired) electrons. The van der Waals surface area contributed by atoms with E-state index in [4.69, 9.17) is 5.11 Å². The van der Waals surface area contributed by atoms with Crippen LogP contribution in [0.4, 0.5) is 0 Å². The third-order valence-electron chi connectivity index (χ3n) is 3.61. The van der Waals surface area contributed by atoms with Gasteiger partial charge in [0.1, 0.15) is 6.54 Å². The van der Waals surface area contributed by atoms with E-state index < -0.39 is 17.1 Å². The van der Waals surface area contributed by atoms with Crippen molar-refractivity contribution >= 4 is 5.97 Å². The normalized spacial score (nSPS) is 10.9. The Morgan fingerprint density at radius 3 is 2.48 bits per heavy atom. The van der Waals surface area contributed by atoms with Gasteiger partial charge in [-0.25, -0.2) is 0 Å². The number of benzene rings is 1. The Kier molecular flexibility index (Phi) is 5.18. The van der Waals surface area contributed by atoms with Crippen LogP contribution >= 0.6 is 0 Å². The van der Waals surface area contributed by atoms with Crippen molar-refractivity contribution in [1.82, 2.24) is 9.47 Å². The molecule has 23 heavy (non-hydrogen) atoms. The van der Waals surface area contributed by atoms with Gasteiger partial charge in [0.05, 0.1) is 5.69 Å². The standard InChI is InChI=1S/C17H20N2O4/c1-12-8-15(20)17(23)14(19(12)11-16(21)22)10-18(2)9-13-6-4-3-5-7-13/h3-8,23H,9-11H2,1-2H3,(H,21,22). The van der Waals surface area contributed by atoms with E-state index in [0.717, 1.165) is 5.56 Å². The average Bonchev–Trinajstić information content (AvgIpc) is 2.49. The number of aromatic nitrogens is 1. The second-order valence-corrected chi connectivity index (χ2v) is 5.58. The minimum Gasteiger partial charge on any atom is -0.503 e. The Labute approximate surface area is 134 Å². The summed E-state index contributed by atoms with van der Waals surface area (Å²) in [5, 5.41) is 19.1. The molecule has 122 valence electrons. The van der Waals surface area contributed by atoms with E-state index in [0.29, 0.717) is 17.9 Å². The Balaban J connectivity index is 2.30. The molecule has 0 fully saturated rings. The summed E-state index contributed by atoms with van der Waals surface area (Å²) in [4.78, 5) is 24.8. The molecule has 0 saturated carbocycles. The first-order chi connectivity index (χ1) is 10.9. The van der Waals surface area contributed by atoms with Crippen LogP contribution in [0.1, 0.15) is 17.0 Å². The number of carboxylic acid groups (broad SMARTS) is 1. The Morgan fingerprint density at radius 1 is 1.22 bits per heavy atom. The first-order valence-corrected chi connectivity index (χ1v) is 7.25. The fourth-order valence-electron chi connectivity index (χ4n) is 2.54. The van der Waals surface area contributed by atoms with Crippen molar-refractivity contribution in [3.8, 4) is 5.75 Å². The molecule has 0 bridgehead atoms. The highest BCUT2D eigenvalue weighted by Crippen LogP contribution is 2.17. The maximum absolute atomic E-state index is 11.8. The Bertz CT molecular complexity index is 753. The number of pyridine rings is 1. The van der Waals surface area contributed by atoms with Gasteiger partial charge < -0.3 is 14.8 Å². The summed E-state index contributed by atoms with van der Waals surface area (Å²) < 4.78 is 1.46. The number of hydrogen-bond acceptors (Lipinski definition) is 4. The van der Waals surface area contributed by atoms with Crippen LogP contribution in [0.2, 0.25) is 0 Å². The van der Waals surface area contributed by atoms with Crippen molar-refractivity contribution in [1.29, 1.82) is 0 Å². The zero-order valence-corrected chi connectivity index (χ0v) is 13.2. The summed E-state index contributed by atoms with van der Waals surface area (Å²) in [6.07, 6.45) is 0. The largest absolute Gasteiger partial charge is 0.503 e. The van der Waals surface area contributed by atoms with Gasteiger partial charge in [-0.1, -0.05) is 30.3 Å². The number of nitrogens with zero attached hydrogens (tertiary/aromatic N) is 2. The third kappa shape index (κ3) is 4.20. The first kappa shape index (κ1) is 16.8. The van der Waals surface area contributed by atoms with E-state index >= 15 is 0 Å². The van der Waals surface area contributed by atoms with E-state index in [1.54, 1.807) is 6.92 Å². The molecule has 0 aliphatic rings. The molecule has 0 aliphatic heterocycles. The molecule has 2 aromatic rings. The van der Waals surface area contributed by atoms with E-state index in [1.807, 2.05) is 42.3 Å². The van der Waals surface area contributed by atoms with Crippen LogP contribution in [0.15, 0.2) is 41.2 Å². The molecule has 6 heteroatoms. The molecular formula is C17H20N2O4. The number of aromatic hydroxyl groups is 1. The molecule has 0 unspecified atom stereocenters. The molecule has 0 atom stereocenters. The summed E-state index contributed by atoms with van der Waals surface area (Å²) in [5.74, 6) is -1.42. The topological polar surface area (TPSA) is 82.8 Å². The van der Waals surface area contributed by atoms with Crippen molar-refractivity contribution in [2.45, 2.75) is 26.6 Å². The van der Waals surface area contributed by atoms with Gasteiger partial charge in [0.25, 0.3) is 0 Å². The molecule has 1 aromatic carbocycles.